The van der Waals surface area contributed by atoms with Gasteiger partial charge in [0.15, 0.2) is 9.84 Å². The van der Waals surface area contributed by atoms with Crippen LogP contribution in [0, 0.1) is 17.8 Å². The molecule has 0 saturated heterocycles. The van der Waals surface area contributed by atoms with Gasteiger partial charge in [0.05, 0.1) is 21.2 Å². The number of halogens is 1. The summed E-state index contributed by atoms with van der Waals surface area (Å²) in [5, 5.41) is 8.90. The second-order valence-corrected chi connectivity index (χ2v) is 8.60. The molecular weight excluding hydrogens is 312 g/mol. The van der Waals surface area contributed by atoms with Crippen LogP contribution in [0.3, 0.4) is 0 Å². The molecule has 114 valence electrons. The van der Waals surface area contributed by atoms with E-state index in [4.69, 9.17) is 16.7 Å². The Balaban J connectivity index is 1.82. The van der Waals surface area contributed by atoms with E-state index in [-0.39, 0.29) is 27.2 Å². The van der Waals surface area contributed by atoms with Gasteiger partial charge in [-0.3, -0.25) is 0 Å². The Kier molecular flexibility index (Phi) is 3.74. The van der Waals surface area contributed by atoms with Crippen LogP contribution in [0.1, 0.15) is 36.0 Å². The Bertz CT molecular complexity index is 683. The Hall–Kier alpha value is -1.07. The first kappa shape index (κ1) is 14.9. The van der Waals surface area contributed by atoms with Crippen molar-refractivity contribution in [2.24, 2.45) is 17.8 Å². The standard InChI is InChI=1S/C15H17ClO4S/c16-14-7-12(3-4-13(14)15(17)18)21(19,20)8-11-6-9-1-2-10(11)5-9/h3-4,7,9-11H,1-2,5-6,8H2,(H,17,18). The lowest BCUT2D eigenvalue weighted by molar-refractivity contribution is 0.0697. The number of sulfone groups is 1. The second kappa shape index (κ2) is 5.29. The lowest BCUT2D eigenvalue weighted by Crippen LogP contribution is -2.21. The number of aromatic carboxylic acids is 1. The van der Waals surface area contributed by atoms with E-state index in [9.17, 15) is 13.2 Å². The van der Waals surface area contributed by atoms with E-state index in [1.165, 1.54) is 31.0 Å². The quantitative estimate of drug-likeness (QED) is 0.921. The van der Waals surface area contributed by atoms with Crippen LogP contribution in [-0.4, -0.2) is 25.2 Å². The van der Waals surface area contributed by atoms with E-state index < -0.39 is 15.8 Å². The highest BCUT2D eigenvalue weighted by atomic mass is 35.5. The summed E-state index contributed by atoms with van der Waals surface area (Å²) in [4.78, 5) is 11.0. The molecule has 3 rings (SSSR count). The molecule has 2 aliphatic carbocycles. The van der Waals surface area contributed by atoms with Gasteiger partial charge < -0.3 is 5.11 Å². The third-order valence-corrected chi connectivity index (χ3v) is 7.00. The number of fused-ring (bicyclic) bond motifs is 2. The number of rotatable bonds is 4. The fourth-order valence-electron chi connectivity index (χ4n) is 3.82. The van der Waals surface area contributed by atoms with E-state index >= 15 is 0 Å². The number of hydrogen-bond donors (Lipinski definition) is 1. The van der Waals surface area contributed by atoms with Crippen LogP contribution in [0.5, 0.6) is 0 Å². The van der Waals surface area contributed by atoms with Crippen molar-refractivity contribution in [2.45, 2.75) is 30.6 Å². The maximum Gasteiger partial charge on any atom is 0.337 e. The van der Waals surface area contributed by atoms with Gasteiger partial charge in [0.25, 0.3) is 0 Å². The third-order valence-electron chi connectivity index (χ3n) is 4.85. The predicted molar refractivity (Wildman–Crippen MR) is 79.4 cm³/mol. The zero-order chi connectivity index (χ0) is 15.2. The molecule has 0 radical (unpaired) electrons. The summed E-state index contributed by atoms with van der Waals surface area (Å²) < 4.78 is 25.0. The second-order valence-electron chi connectivity index (χ2n) is 6.16. The molecule has 3 atom stereocenters. The molecule has 1 N–H and O–H groups in total. The number of hydrogen-bond acceptors (Lipinski definition) is 3. The highest BCUT2D eigenvalue weighted by Crippen LogP contribution is 2.49. The van der Waals surface area contributed by atoms with Crippen molar-refractivity contribution in [1.29, 1.82) is 0 Å². The van der Waals surface area contributed by atoms with Crippen LogP contribution >= 0.6 is 11.6 Å². The highest BCUT2D eigenvalue weighted by molar-refractivity contribution is 7.91. The van der Waals surface area contributed by atoms with Crippen molar-refractivity contribution >= 4 is 27.4 Å². The summed E-state index contributed by atoms with van der Waals surface area (Å²) in [7, 11) is -3.41. The zero-order valence-electron chi connectivity index (χ0n) is 11.5. The van der Waals surface area contributed by atoms with Gasteiger partial charge in [-0.2, -0.15) is 0 Å². The average molecular weight is 329 g/mol. The average Bonchev–Trinajstić information content (AvgIpc) is 2.99. The first-order valence-electron chi connectivity index (χ1n) is 7.12. The Morgan fingerprint density at radius 1 is 1.29 bits per heavy atom. The third kappa shape index (κ3) is 2.81. The van der Waals surface area contributed by atoms with Crippen molar-refractivity contribution in [3.8, 4) is 0 Å². The van der Waals surface area contributed by atoms with Gasteiger partial charge in [0.1, 0.15) is 0 Å². The van der Waals surface area contributed by atoms with Crippen molar-refractivity contribution in [2.75, 3.05) is 5.75 Å². The molecule has 3 unspecified atom stereocenters. The molecule has 2 aliphatic rings. The Morgan fingerprint density at radius 3 is 2.57 bits per heavy atom. The van der Waals surface area contributed by atoms with E-state index in [1.807, 2.05) is 0 Å². The summed E-state index contributed by atoms with van der Waals surface area (Å²) in [6.45, 7) is 0. The fourth-order valence-corrected chi connectivity index (χ4v) is 5.88. The monoisotopic (exact) mass is 328 g/mol. The van der Waals surface area contributed by atoms with Gasteiger partial charge in [-0.15, -0.1) is 0 Å². The molecular formula is C15H17ClO4S. The molecule has 0 spiro atoms. The van der Waals surface area contributed by atoms with Gasteiger partial charge in [0, 0.05) is 0 Å². The van der Waals surface area contributed by atoms with Crippen molar-refractivity contribution in [1.82, 2.24) is 0 Å². The molecule has 0 aliphatic heterocycles. The van der Waals surface area contributed by atoms with E-state index in [2.05, 4.69) is 0 Å². The van der Waals surface area contributed by atoms with Crippen LogP contribution in [0.15, 0.2) is 23.1 Å². The van der Waals surface area contributed by atoms with Crippen LogP contribution in [0.4, 0.5) is 0 Å². The van der Waals surface area contributed by atoms with Crippen LogP contribution in [0.25, 0.3) is 0 Å². The summed E-state index contributed by atoms with van der Waals surface area (Å²) >= 11 is 5.86. The predicted octanol–water partition coefficient (Wildman–Crippen LogP) is 3.25. The van der Waals surface area contributed by atoms with Gasteiger partial charge >= 0.3 is 5.97 Å². The fraction of sp³-hybridized carbons (Fsp3) is 0.533. The van der Waals surface area contributed by atoms with Gasteiger partial charge in [0.2, 0.25) is 0 Å². The molecule has 1 aromatic carbocycles. The van der Waals surface area contributed by atoms with Crippen LogP contribution < -0.4 is 0 Å². The van der Waals surface area contributed by atoms with Crippen molar-refractivity contribution in [3.05, 3.63) is 28.8 Å². The topological polar surface area (TPSA) is 71.4 Å². The van der Waals surface area contributed by atoms with Gasteiger partial charge in [-0.1, -0.05) is 18.0 Å². The molecule has 0 aromatic heterocycles. The molecule has 1 aromatic rings. The summed E-state index contributed by atoms with van der Waals surface area (Å²) in [5.41, 5.74) is -0.0736. The summed E-state index contributed by atoms with van der Waals surface area (Å²) in [6.07, 6.45) is 4.55. The van der Waals surface area contributed by atoms with Crippen LogP contribution in [-0.2, 0) is 9.84 Å². The summed E-state index contributed by atoms with van der Waals surface area (Å²) in [6, 6.07) is 3.86. The first-order chi connectivity index (χ1) is 9.87. The lowest BCUT2D eigenvalue weighted by Gasteiger charge is -2.21. The summed E-state index contributed by atoms with van der Waals surface area (Å²) in [5.74, 6) is 0.479. The largest absolute Gasteiger partial charge is 0.478 e. The molecule has 2 fully saturated rings. The van der Waals surface area contributed by atoms with Crippen LogP contribution in [0.2, 0.25) is 5.02 Å². The minimum atomic E-state index is -3.41. The molecule has 4 nitrogen and oxygen atoms in total. The number of benzene rings is 1. The maximum absolute atomic E-state index is 12.5. The highest BCUT2D eigenvalue weighted by Gasteiger charge is 2.41. The van der Waals surface area contributed by atoms with Gasteiger partial charge in [-0.05, 0) is 55.2 Å². The molecule has 2 saturated carbocycles. The number of carboxylic acid groups (broad SMARTS) is 1. The molecule has 0 heterocycles. The molecule has 0 amide bonds. The van der Waals surface area contributed by atoms with Gasteiger partial charge in [-0.25, -0.2) is 13.2 Å². The maximum atomic E-state index is 12.5. The zero-order valence-corrected chi connectivity index (χ0v) is 13.0. The van der Waals surface area contributed by atoms with E-state index in [1.54, 1.807) is 0 Å². The van der Waals surface area contributed by atoms with E-state index in [0.29, 0.717) is 11.8 Å². The SMILES string of the molecule is O=C(O)c1ccc(S(=O)(=O)CC2CC3CCC2C3)cc1Cl. The van der Waals surface area contributed by atoms with E-state index in [0.717, 1.165) is 12.8 Å². The molecule has 21 heavy (non-hydrogen) atoms. The molecule has 2 bridgehead atoms. The Labute approximate surface area is 129 Å². The molecule has 6 heteroatoms. The normalized spacial score (nSPS) is 28.0. The minimum absolute atomic E-state index is 0.0310. The first-order valence-corrected chi connectivity index (χ1v) is 9.15. The van der Waals surface area contributed by atoms with Crippen molar-refractivity contribution < 1.29 is 18.3 Å². The number of carbonyl (C=O) groups is 1. The van der Waals surface area contributed by atoms with Crippen molar-refractivity contribution in [3.63, 3.8) is 0 Å². The minimum Gasteiger partial charge on any atom is -0.478 e. The smallest absolute Gasteiger partial charge is 0.337 e. The Morgan fingerprint density at radius 2 is 2.05 bits per heavy atom. The lowest BCUT2D eigenvalue weighted by atomic mass is 9.90. The number of carboxylic acids is 1.